The summed E-state index contributed by atoms with van der Waals surface area (Å²) < 4.78 is 0. The molecule has 3 nitrogen and oxygen atoms in total. The Hall–Kier alpha value is -1.61. The van der Waals surface area contributed by atoms with Crippen LogP contribution < -0.4 is 5.32 Å². The molecule has 1 aromatic carbocycles. The molecule has 0 radical (unpaired) electrons. The number of carbonyl (C=O) groups excluding carboxylic acids is 1. The van der Waals surface area contributed by atoms with Gasteiger partial charge in [-0.25, -0.2) is 0 Å². The molecule has 1 saturated carbocycles. The number of aliphatic hydroxyl groups excluding tert-OH is 1. The fraction of sp³-hybridized carbons (Fsp3) is 0.471. The zero-order valence-corrected chi connectivity index (χ0v) is 12.1. The molecule has 1 aliphatic carbocycles. The summed E-state index contributed by atoms with van der Waals surface area (Å²) in [5.41, 5.74) is 2.58. The van der Waals surface area contributed by atoms with Crippen molar-refractivity contribution in [2.24, 2.45) is 5.92 Å². The predicted octanol–water partition coefficient (Wildman–Crippen LogP) is 3.56. The van der Waals surface area contributed by atoms with Gasteiger partial charge in [-0.15, -0.1) is 0 Å². The largest absolute Gasteiger partial charge is 0.392 e. The van der Waals surface area contributed by atoms with Crippen molar-refractivity contribution < 1.29 is 9.90 Å². The number of anilines is 1. The van der Waals surface area contributed by atoms with Crippen LogP contribution in [0.25, 0.3) is 0 Å². The fourth-order valence-electron chi connectivity index (χ4n) is 2.63. The molecule has 0 spiro atoms. The molecule has 2 N–H and O–H groups in total. The summed E-state index contributed by atoms with van der Waals surface area (Å²) >= 11 is 0. The normalized spacial score (nSPS) is 16.5. The summed E-state index contributed by atoms with van der Waals surface area (Å²) in [7, 11) is 0. The van der Waals surface area contributed by atoms with E-state index in [1.165, 1.54) is 32.1 Å². The number of rotatable bonds is 4. The first-order valence-corrected chi connectivity index (χ1v) is 7.38. The third kappa shape index (κ3) is 4.20. The molecule has 20 heavy (non-hydrogen) atoms. The monoisotopic (exact) mass is 273 g/mol. The molecule has 0 heterocycles. The average Bonchev–Trinajstić information content (AvgIpc) is 2.48. The minimum atomic E-state index is -0.0891. The maximum absolute atomic E-state index is 11.9. The standard InChI is InChI=1S/C17H23NO2/c1-13-7-8-15(12-19)11-16(13)18-17(20)10-9-14-5-3-2-4-6-14/h7-11,14,19H,2-6,12H2,1H3,(H,18,20)/b10-9+. The van der Waals surface area contributed by atoms with E-state index in [1.54, 1.807) is 6.08 Å². The van der Waals surface area contributed by atoms with E-state index in [4.69, 9.17) is 5.11 Å². The van der Waals surface area contributed by atoms with Gasteiger partial charge in [0.2, 0.25) is 5.91 Å². The molecule has 108 valence electrons. The molecule has 1 aromatic rings. The van der Waals surface area contributed by atoms with Crippen molar-refractivity contribution in [3.63, 3.8) is 0 Å². The van der Waals surface area contributed by atoms with Crippen LogP contribution in [0.4, 0.5) is 5.69 Å². The van der Waals surface area contributed by atoms with Gasteiger partial charge in [-0.1, -0.05) is 37.5 Å². The molecule has 0 bridgehead atoms. The van der Waals surface area contributed by atoms with Crippen LogP contribution in [0.3, 0.4) is 0 Å². The van der Waals surface area contributed by atoms with Crippen molar-refractivity contribution >= 4 is 11.6 Å². The number of hydrogen-bond acceptors (Lipinski definition) is 2. The van der Waals surface area contributed by atoms with Gasteiger partial charge < -0.3 is 10.4 Å². The second kappa shape index (κ2) is 7.25. The Bertz CT molecular complexity index is 488. The zero-order valence-electron chi connectivity index (χ0n) is 12.1. The first-order valence-electron chi connectivity index (χ1n) is 7.38. The van der Waals surface area contributed by atoms with E-state index in [-0.39, 0.29) is 12.5 Å². The van der Waals surface area contributed by atoms with Gasteiger partial charge in [0, 0.05) is 5.69 Å². The molecule has 0 saturated heterocycles. The van der Waals surface area contributed by atoms with Gasteiger partial charge in [-0.2, -0.15) is 0 Å². The van der Waals surface area contributed by atoms with Crippen molar-refractivity contribution in [3.8, 4) is 0 Å². The Morgan fingerprint density at radius 3 is 2.80 bits per heavy atom. The molecule has 0 atom stereocenters. The van der Waals surface area contributed by atoms with E-state index in [1.807, 2.05) is 31.2 Å². The van der Waals surface area contributed by atoms with Gasteiger partial charge in [0.15, 0.2) is 0 Å². The molecule has 1 fully saturated rings. The van der Waals surface area contributed by atoms with Crippen LogP contribution in [0.15, 0.2) is 30.4 Å². The molecule has 1 aliphatic rings. The molecule has 2 rings (SSSR count). The van der Waals surface area contributed by atoms with Crippen molar-refractivity contribution in [2.75, 3.05) is 5.32 Å². The topological polar surface area (TPSA) is 49.3 Å². The second-order valence-electron chi connectivity index (χ2n) is 5.55. The number of carbonyl (C=O) groups is 1. The first-order chi connectivity index (χ1) is 9.69. The smallest absolute Gasteiger partial charge is 0.248 e. The lowest BCUT2D eigenvalue weighted by Crippen LogP contribution is -2.11. The highest BCUT2D eigenvalue weighted by Crippen LogP contribution is 2.24. The van der Waals surface area contributed by atoms with E-state index in [0.29, 0.717) is 5.92 Å². The number of allylic oxidation sites excluding steroid dienone is 1. The van der Waals surface area contributed by atoms with Gasteiger partial charge in [-0.05, 0) is 49.0 Å². The Morgan fingerprint density at radius 2 is 2.10 bits per heavy atom. The van der Waals surface area contributed by atoms with Gasteiger partial charge in [-0.3, -0.25) is 4.79 Å². The van der Waals surface area contributed by atoms with Crippen LogP contribution in [0.5, 0.6) is 0 Å². The zero-order chi connectivity index (χ0) is 14.4. The maximum atomic E-state index is 11.9. The molecular formula is C17H23NO2. The Balaban J connectivity index is 1.95. The number of aryl methyl sites for hydroxylation is 1. The van der Waals surface area contributed by atoms with Crippen molar-refractivity contribution in [2.45, 2.75) is 45.6 Å². The van der Waals surface area contributed by atoms with E-state index in [2.05, 4.69) is 5.32 Å². The van der Waals surface area contributed by atoms with Gasteiger partial charge in [0.1, 0.15) is 0 Å². The highest BCUT2D eigenvalue weighted by molar-refractivity contribution is 5.99. The summed E-state index contributed by atoms with van der Waals surface area (Å²) in [6.45, 7) is 1.93. The SMILES string of the molecule is Cc1ccc(CO)cc1NC(=O)/C=C/C1CCCCC1. The van der Waals surface area contributed by atoms with Crippen molar-refractivity contribution in [1.82, 2.24) is 0 Å². The van der Waals surface area contributed by atoms with Crippen LogP contribution in [-0.4, -0.2) is 11.0 Å². The Morgan fingerprint density at radius 1 is 1.35 bits per heavy atom. The van der Waals surface area contributed by atoms with Gasteiger partial charge >= 0.3 is 0 Å². The van der Waals surface area contributed by atoms with E-state index >= 15 is 0 Å². The van der Waals surface area contributed by atoms with Crippen molar-refractivity contribution in [1.29, 1.82) is 0 Å². The Kier molecular flexibility index (Phi) is 5.36. The van der Waals surface area contributed by atoms with Gasteiger partial charge in [0.25, 0.3) is 0 Å². The lowest BCUT2D eigenvalue weighted by atomic mass is 9.89. The van der Waals surface area contributed by atoms with E-state index in [9.17, 15) is 4.79 Å². The van der Waals surface area contributed by atoms with Crippen LogP contribution >= 0.6 is 0 Å². The summed E-state index contributed by atoms with van der Waals surface area (Å²) in [5.74, 6) is 0.466. The van der Waals surface area contributed by atoms with Crippen LogP contribution in [0.1, 0.15) is 43.2 Å². The number of hydrogen-bond donors (Lipinski definition) is 2. The molecular weight excluding hydrogens is 250 g/mol. The number of nitrogens with one attached hydrogen (secondary N) is 1. The number of amides is 1. The lowest BCUT2D eigenvalue weighted by Gasteiger charge is -2.17. The molecule has 0 unspecified atom stereocenters. The minimum Gasteiger partial charge on any atom is -0.392 e. The highest BCUT2D eigenvalue weighted by Gasteiger charge is 2.10. The maximum Gasteiger partial charge on any atom is 0.248 e. The average molecular weight is 273 g/mol. The molecule has 1 amide bonds. The molecule has 3 heteroatoms. The lowest BCUT2D eigenvalue weighted by molar-refractivity contribution is -0.111. The second-order valence-corrected chi connectivity index (χ2v) is 5.55. The molecule has 0 aliphatic heterocycles. The summed E-state index contributed by atoms with van der Waals surface area (Å²) in [6, 6.07) is 5.59. The van der Waals surface area contributed by atoms with Crippen molar-refractivity contribution in [3.05, 3.63) is 41.5 Å². The number of aliphatic hydroxyl groups is 1. The third-order valence-electron chi connectivity index (χ3n) is 3.91. The van der Waals surface area contributed by atoms with E-state index in [0.717, 1.165) is 16.8 Å². The Labute approximate surface area is 120 Å². The number of benzene rings is 1. The van der Waals surface area contributed by atoms with Crippen LogP contribution in [0, 0.1) is 12.8 Å². The third-order valence-corrected chi connectivity index (χ3v) is 3.91. The summed E-state index contributed by atoms with van der Waals surface area (Å²) in [5, 5.41) is 12.0. The van der Waals surface area contributed by atoms with Crippen LogP contribution in [0.2, 0.25) is 0 Å². The first kappa shape index (κ1) is 14.8. The van der Waals surface area contributed by atoms with Gasteiger partial charge in [0.05, 0.1) is 6.61 Å². The molecule has 0 aromatic heterocycles. The fourth-order valence-corrected chi connectivity index (χ4v) is 2.63. The predicted molar refractivity (Wildman–Crippen MR) is 81.4 cm³/mol. The quantitative estimate of drug-likeness (QED) is 0.824. The summed E-state index contributed by atoms with van der Waals surface area (Å²) in [4.78, 5) is 11.9. The minimum absolute atomic E-state index is 0.0128. The van der Waals surface area contributed by atoms with E-state index < -0.39 is 0 Å². The highest BCUT2D eigenvalue weighted by atomic mass is 16.3. The van der Waals surface area contributed by atoms with Crippen LogP contribution in [-0.2, 0) is 11.4 Å². The summed E-state index contributed by atoms with van der Waals surface area (Å²) in [6.07, 6.45) is 9.96.